The average molecular weight is 725 g/mol. The minimum absolute atomic E-state index is 0.0207. The normalized spacial score (nSPS) is 17.7. The molecule has 3 amide bonds. The van der Waals surface area contributed by atoms with Crippen molar-refractivity contribution in [2.24, 2.45) is 0 Å². The summed E-state index contributed by atoms with van der Waals surface area (Å²) in [5.74, 6) is -2.75. The zero-order chi connectivity index (χ0) is 37.5. The lowest BCUT2D eigenvalue weighted by molar-refractivity contribution is 0.0551. The number of nitrogens with one attached hydrogen (secondary N) is 2. The van der Waals surface area contributed by atoms with Gasteiger partial charge in [0.05, 0.1) is 52.2 Å². The number of rotatable bonds is 10. The summed E-state index contributed by atoms with van der Waals surface area (Å²) in [5.41, 5.74) is 1.87. The molecule has 1 unspecified atom stereocenters. The molecule has 278 valence electrons. The summed E-state index contributed by atoms with van der Waals surface area (Å²) in [6, 6.07) is 8.52. The molecule has 0 saturated carbocycles. The number of aromatic nitrogens is 3. The van der Waals surface area contributed by atoms with Crippen molar-refractivity contribution in [1.29, 1.82) is 0 Å². The second-order valence-electron chi connectivity index (χ2n) is 14.0. The zero-order valence-electron chi connectivity index (χ0n) is 31.1. The van der Waals surface area contributed by atoms with E-state index in [2.05, 4.69) is 62.5 Å². The molecule has 51 heavy (non-hydrogen) atoms. The maximum Gasteiger partial charge on any atom is 0.342 e. The van der Waals surface area contributed by atoms with Crippen LogP contribution in [0.5, 0.6) is 0 Å². The van der Waals surface area contributed by atoms with Gasteiger partial charge in [-0.25, -0.2) is 14.4 Å². The Morgan fingerprint density at radius 3 is 2.16 bits per heavy atom. The van der Waals surface area contributed by atoms with Crippen molar-refractivity contribution in [3.8, 4) is 0 Å². The maximum atomic E-state index is 13.8. The van der Waals surface area contributed by atoms with Gasteiger partial charge in [0, 0.05) is 13.5 Å². The van der Waals surface area contributed by atoms with E-state index in [-0.39, 0.29) is 54.7 Å². The van der Waals surface area contributed by atoms with Gasteiger partial charge in [-0.3, -0.25) is 9.48 Å². The number of hydrogen-bond donors (Lipinski definition) is 2. The van der Waals surface area contributed by atoms with E-state index in [1.807, 2.05) is 30.3 Å². The monoisotopic (exact) mass is 724 g/mol. The van der Waals surface area contributed by atoms with Gasteiger partial charge >= 0.3 is 18.0 Å². The van der Waals surface area contributed by atoms with E-state index in [0.717, 1.165) is 12.7 Å². The first-order valence-electron chi connectivity index (χ1n) is 17.4. The van der Waals surface area contributed by atoms with Gasteiger partial charge in [-0.15, -0.1) is 5.10 Å². The van der Waals surface area contributed by atoms with Crippen LogP contribution in [0, 0.1) is 0 Å². The van der Waals surface area contributed by atoms with Crippen LogP contribution in [0.25, 0.3) is 0 Å². The number of hydrogen-bond acceptors (Lipinski definition) is 10. The molecular weight excluding hydrogens is 673 g/mol. The first kappa shape index (κ1) is 39.3. The van der Waals surface area contributed by atoms with Crippen molar-refractivity contribution < 1.29 is 37.5 Å². The van der Waals surface area contributed by atoms with Gasteiger partial charge in [0.2, 0.25) is 5.76 Å². The number of ether oxygens (including phenoxy) is 2. The molecule has 15 heteroatoms. The lowest BCUT2D eigenvalue weighted by Crippen LogP contribution is -2.53. The highest BCUT2D eigenvalue weighted by molar-refractivity contribution is 6.77. The fourth-order valence-corrected chi connectivity index (χ4v) is 12.8. The lowest BCUT2D eigenvalue weighted by Gasteiger charge is -2.43. The number of amides is 3. The van der Waals surface area contributed by atoms with Gasteiger partial charge in [0.25, 0.3) is 5.91 Å². The van der Waals surface area contributed by atoms with Crippen molar-refractivity contribution in [1.82, 2.24) is 30.5 Å². The molecule has 14 nitrogen and oxygen atoms in total. The first-order chi connectivity index (χ1) is 24.2. The molecule has 0 aliphatic carbocycles. The van der Waals surface area contributed by atoms with Crippen molar-refractivity contribution in [2.75, 3.05) is 27.9 Å². The average Bonchev–Trinajstić information content (AvgIpc) is 3.69. The molecule has 2 aromatic heterocycles. The number of benzene rings is 1. The Bertz CT molecular complexity index is 1650. The second-order valence-corrected chi connectivity index (χ2v) is 19.5. The third-order valence-electron chi connectivity index (χ3n) is 9.65. The van der Waals surface area contributed by atoms with Crippen LogP contribution < -0.4 is 10.6 Å². The number of nitrogens with zero attached hydrogens (tertiary/aromatic N) is 4. The summed E-state index contributed by atoms with van der Waals surface area (Å²) in [4.78, 5) is 55.3. The highest BCUT2D eigenvalue weighted by atomic mass is 28.4. The Hall–Kier alpha value is -4.50. The summed E-state index contributed by atoms with van der Waals surface area (Å²) < 4.78 is 24.6. The van der Waals surface area contributed by atoms with E-state index in [1.54, 1.807) is 10.9 Å². The number of urea groups is 1. The van der Waals surface area contributed by atoms with Crippen molar-refractivity contribution in [2.45, 2.75) is 103 Å². The van der Waals surface area contributed by atoms with E-state index < -0.39 is 38.2 Å². The van der Waals surface area contributed by atoms with Crippen LogP contribution in [-0.4, -0.2) is 92.0 Å². The smallest absolute Gasteiger partial charge is 0.342 e. The fraction of sp³-hybridized carbons (Fsp3) is 0.556. The Morgan fingerprint density at radius 1 is 0.941 bits per heavy atom. The third kappa shape index (κ3) is 9.06. The quantitative estimate of drug-likeness (QED) is 0.211. The first-order valence-corrected chi connectivity index (χ1v) is 19.6. The van der Waals surface area contributed by atoms with Crippen molar-refractivity contribution in [3.05, 3.63) is 70.4 Å². The van der Waals surface area contributed by atoms with E-state index >= 15 is 0 Å². The standard InChI is InChI=1S/C36H52N6O8Si/c1-22(2)51(23(3)4,24(5)6)49-21-26-15-16-29-30(34(44)47-8)31(35(45)48-9)32(50-29)33(43)41(7)18-28-20-42(40-39-28)19-27(38-36(46)37-26)17-25-13-11-10-12-14-25/h10-14,20,22-24,26-27H,15-19,21H2,1-9H3,(H2,37,38,46)/t26-,27?/m0/s1. The molecule has 1 aromatic carbocycles. The minimum atomic E-state index is -2.36. The largest absolute Gasteiger partial charge is 0.465 e. The van der Waals surface area contributed by atoms with Gasteiger partial charge in [0.15, 0.2) is 8.32 Å². The van der Waals surface area contributed by atoms with E-state index in [9.17, 15) is 19.2 Å². The molecule has 0 saturated heterocycles. The molecule has 4 bridgehead atoms. The molecule has 0 fully saturated rings. The van der Waals surface area contributed by atoms with Crippen LogP contribution in [0.3, 0.4) is 0 Å². The predicted octanol–water partition coefficient (Wildman–Crippen LogP) is 5.13. The van der Waals surface area contributed by atoms with Crippen LogP contribution in [0.1, 0.15) is 96.3 Å². The second kappa shape index (κ2) is 17.1. The van der Waals surface area contributed by atoms with Gasteiger partial charge in [-0.05, 0) is 35.0 Å². The van der Waals surface area contributed by atoms with Gasteiger partial charge in [-0.2, -0.15) is 0 Å². The van der Waals surface area contributed by atoms with E-state index in [0.29, 0.717) is 35.3 Å². The molecule has 1 aliphatic rings. The Labute approximate surface area is 300 Å². The van der Waals surface area contributed by atoms with Crippen LogP contribution >= 0.6 is 0 Å². The Balaban J connectivity index is 1.80. The number of carbonyl (C=O) groups excluding carboxylic acids is 4. The summed E-state index contributed by atoms with van der Waals surface area (Å²) >= 11 is 0. The summed E-state index contributed by atoms with van der Waals surface area (Å²) in [7, 11) is 1.50. The van der Waals surface area contributed by atoms with Gasteiger partial charge in [0.1, 0.15) is 22.6 Å². The van der Waals surface area contributed by atoms with E-state index in [4.69, 9.17) is 18.3 Å². The number of furan rings is 1. The Morgan fingerprint density at radius 2 is 1.55 bits per heavy atom. The topological polar surface area (TPSA) is 167 Å². The molecule has 3 heterocycles. The molecule has 2 N–H and O–H groups in total. The van der Waals surface area contributed by atoms with Crippen LogP contribution in [0.2, 0.25) is 16.6 Å². The SMILES string of the molecule is COC(=O)c1c2oc(c1C(=O)OC)C(=O)N(C)Cc1cn(nn1)CC(Cc1ccccc1)NC(=O)N[C@H](CO[Si](C(C)C)(C(C)C)C(C)C)CC2. The number of carbonyl (C=O) groups is 4. The highest BCUT2D eigenvalue weighted by Crippen LogP contribution is 2.42. The molecule has 0 radical (unpaired) electrons. The fourth-order valence-electron chi connectivity index (χ4n) is 7.35. The minimum Gasteiger partial charge on any atom is -0.465 e. The summed E-state index contributed by atoms with van der Waals surface area (Å²) in [6.07, 6.45) is 2.54. The predicted molar refractivity (Wildman–Crippen MR) is 192 cm³/mol. The number of fused-ring (bicyclic) bond motifs is 4. The van der Waals surface area contributed by atoms with Gasteiger partial charge < -0.3 is 33.9 Å². The molecule has 4 rings (SSSR count). The maximum absolute atomic E-state index is 13.8. The lowest BCUT2D eigenvalue weighted by atomic mass is 10.0. The van der Waals surface area contributed by atoms with E-state index in [1.165, 1.54) is 19.1 Å². The highest BCUT2D eigenvalue weighted by Gasteiger charge is 2.45. The Kier molecular flexibility index (Phi) is 13.2. The number of esters is 2. The van der Waals surface area contributed by atoms with Crippen LogP contribution in [0.4, 0.5) is 4.79 Å². The van der Waals surface area contributed by atoms with Crippen molar-refractivity contribution >= 4 is 32.2 Å². The number of methoxy groups -OCH3 is 2. The summed E-state index contributed by atoms with van der Waals surface area (Å²) in [6.45, 7) is 13.7. The molecular formula is C36H52N6O8Si. The van der Waals surface area contributed by atoms with Gasteiger partial charge in [-0.1, -0.05) is 77.1 Å². The van der Waals surface area contributed by atoms with Crippen LogP contribution in [0.15, 0.2) is 40.9 Å². The molecule has 1 aliphatic heterocycles. The molecule has 2 atom stereocenters. The summed E-state index contributed by atoms with van der Waals surface area (Å²) in [5, 5.41) is 14.8. The molecule has 0 spiro atoms. The molecule has 3 aromatic rings. The van der Waals surface area contributed by atoms with Crippen molar-refractivity contribution in [3.63, 3.8) is 0 Å². The zero-order valence-corrected chi connectivity index (χ0v) is 32.1. The number of aryl methyl sites for hydroxylation is 1. The van der Waals surface area contributed by atoms with Crippen LogP contribution in [-0.2, 0) is 39.8 Å². The third-order valence-corrected chi connectivity index (χ3v) is 15.7.